The van der Waals surface area contributed by atoms with Crippen LogP contribution < -0.4 is 5.32 Å². The predicted molar refractivity (Wildman–Crippen MR) is 106 cm³/mol. The summed E-state index contributed by atoms with van der Waals surface area (Å²) in [5, 5.41) is 10.1. The van der Waals surface area contributed by atoms with Gasteiger partial charge in [0.25, 0.3) is 5.91 Å². The van der Waals surface area contributed by atoms with E-state index >= 15 is 0 Å². The predicted octanol–water partition coefficient (Wildman–Crippen LogP) is 4.09. The molecule has 6 nitrogen and oxygen atoms in total. The van der Waals surface area contributed by atoms with Crippen LogP contribution in [0, 0.1) is 0 Å². The second kappa shape index (κ2) is 8.24. The second-order valence-electron chi connectivity index (χ2n) is 5.84. The van der Waals surface area contributed by atoms with Crippen molar-refractivity contribution in [2.75, 3.05) is 18.9 Å². The molecule has 1 heterocycles. The maximum absolute atomic E-state index is 12.5. The highest BCUT2D eigenvalue weighted by Gasteiger charge is 2.19. The minimum absolute atomic E-state index is 0.167. The van der Waals surface area contributed by atoms with E-state index < -0.39 is 5.91 Å². The van der Waals surface area contributed by atoms with Crippen molar-refractivity contribution in [2.24, 2.45) is 0 Å². The Kier molecular flexibility index (Phi) is 5.78. The minimum atomic E-state index is -0.413. The fourth-order valence-electron chi connectivity index (χ4n) is 2.48. The third-order valence-corrected chi connectivity index (χ3v) is 4.46. The summed E-state index contributed by atoms with van der Waals surface area (Å²) in [7, 11) is 1.53. The lowest BCUT2D eigenvalue weighted by Crippen LogP contribution is -2.35. The van der Waals surface area contributed by atoms with Crippen LogP contribution in [0.4, 0.5) is 5.69 Å². The molecule has 3 rings (SSSR count). The molecule has 2 N–H and O–H groups in total. The number of aromatic nitrogens is 2. The summed E-state index contributed by atoms with van der Waals surface area (Å²) < 4.78 is 0. The number of likely N-dealkylation sites (N-methyl/N-ethyl adjacent to an activating group) is 1. The zero-order valence-electron chi connectivity index (χ0n) is 14.4. The highest BCUT2D eigenvalue weighted by Crippen LogP contribution is 2.29. The van der Waals surface area contributed by atoms with E-state index in [0.717, 1.165) is 5.56 Å². The van der Waals surface area contributed by atoms with Crippen LogP contribution in [0.1, 0.15) is 10.5 Å². The monoisotopic (exact) mass is 402 g/mol. The lowest BCUT2D eigenvalue weighted by atomic mass is 10.1. The fraction of sp³-hybridized carbons (Fsp3) is 0.105. The quantitative estimate of drug-likeness (QED) is 0.674. The van der Waals surface area contributed by atoms with E-state index in [4.69, 9.17) is 23.2 Å². The Balaban J connectivity index is 1.66. The van der Waals surface area contributed by atoms with E-state index in [2.05, 4.69) is 15.5 Å². The van der Waals surface area contributed by atoms with Gasteiger partial charge in [-0.25, -0.2) is 0 Å². The molecule has 1 aromatic heterocycles. The lowest BCUT2D eigenvalue weighted by Gasteiger charge is -2.16. The van der Waals surface area contributed by atoms with Gasteiger partial charge in [0.2, 0.25) is 5.91 Å². The van der Waals surface area contributed by atoms with Gasteiger partial charge < -0.3 is 10.2 Å². The number of rotatable bonds is 5. The Bertz CT molecular complexity index is 953. The molecule has 0 radical (unpaired) electrons. The molecule has 0 saturated heterocycles. The zero-order chi connectivity index (χ0) is 19.4. The fourth-order valence-corrected chi connectivity index (χ4v) is 2.97. The van der Waals surface area contributed by atoms with Crippen molar-refractivity contribution < 1.29 is 9.59 Å². The number of anilines is 1. The van der Waals surface area contributed by atoms with Gasteiger partial charge in [0.05, 0.1) is 28.0 Å². The van der Waals surface area contributed by atoms with Crippen LogP contribution in [-0.2, 0) is 4.79 Å². The first-order chi connectivity index (χ1) is 13.0. The number of amides is 2. The van der Waals surface area contributed by atoms with Gasteiger partial charge in [-0.05, 0) is 18.2 Å². The van der Waals surface area contributed by atoms with Crippen LogP contribution in [0.5, 0.6) is 0 Å². The van der Waals surface area contributed by atoms with E-state index in [1.165, 1.54) is 11.9 Å². The number of carbonyl (C=O) groups is 2. The van der Waals surface area contributed by atoms with Crippen molar-refractivity contribution >= 4 is 40.7 Å². The molecule has 138 valence electrons. The van der Waals surface area contributed by atoms with Crippen LogP contribution in [0.3, 0.4) is 0 Å². The molecule has 0 unspecified atom stereocenters. The molecule has 0 aliphatic rings. The number of hydrogen-bond acceptors (Lipinski definition) is 3. The molecule has 0 atom stereocenters. The molecular formula is C19H16Cl2N4O2. The van der Waals surface area contributed by atoms with Crippen molar-refractivity contribution in [1.82, 2.24) is 15.1 Å². The molecule has 0 spiro atoms. The highest BCUT2D eigenvalue weighted by atomic mass is 35.5. The van der Waals surface area contributed by atoms with Gasteiger partial charge in [-0.15, -0.1) is 0 Å². The number of H-pyrrole nitrogens is 1. The third kappa shape index (κ3) is 4.48. The Labute approximate surface area is 166 Å². The molecule has 0 aliphatic heterocycles. The number of hydrogen-bond donors (Lipinski definition) is 2. The summed E-state index contributed by atoms with van der Waals surface area (Å²) in [6, 6.07) is 16.0. The summed E-state index contributed by atoms with van der Waals surface area (Å²) in [6.07, 6.45) is 0. The minimum Gasteiger partial charge on any atom is -0.331 e. The maximum atomic E-state index is 12.5. The van der Waals surface area contributed by atoms with Crippen LogP contribution in [-0.4, -0.2) is 40.5 Å². The van der Waals surface area contributed by atoms with Gasteiger partial charge in [-0.1, -0.05) is 59.6 Å². The summed E-state index contributed by atoms with van der Waals surface area (Å²) in [4.78, 5) is 26.1. The zero-order valence-corrected chi connectivity index (χ0v) is 15.9. The number of aromatic amines is 1. The number of nitrogens with one attached hydrogen (secondary N) is 2. The first-order valence-corrected chi connectivity index (χ1v) is 8.81. The number of halogens is 2. The van der Waals surface area contributed by atoms with Gasteiger partial charge in [0, 0.05) is 12.6 Å². The van der Waals surface area contributed by atoms with Crippen LogP contribution >= 0.6 is 23.2 Å². The van der Waals surface area contributed by atoms with Gasteiger partial charge in [-0.3, -0.25) is 14.7 Å². The van der Waals surface area contributed by atoms with Crippen molar-refractivity contribution in [3.63, 3.8) is 0 Å². The van der Waals surface area contributed by atoms with Crippen LogP contribution in [0.15, 0.2) is 54.6 Å². The van der Waals surface area contributed by atoms with E-state index in [9.17, 15) is 9.59 Å². The molecule has 0 fully saturated rings. The van der Waals surface area contributed by atoms with Gasteiger partial charge in [0.1, 0.15) is 5.69 Å². The molecule has 2 aromatic carbocycles. The van der Waals surface area contributed by atoms with E-state index in [0.29, 0.717) is 27.1 Å². The smallest absolute Gasteiger partial charge is 0.272 e. The SMILES string of the molecule is CN(CC(=O)Nc1c(Cl)cccc1Cl)C(=O)c1cc(-c2ccccc2)n[nH]1. The molecule has 0 bridgehead atoms. The molecule has 2 amide bonds. The molecule has 27 heavy (non-hydrogen) atoms. The number of carbonyl (C=O) groups excluding carboxylic acids is 2. The van der Waals surface area contributed by atoms with Crippen molar-refractivity contribution in [3.8, 4) is 11.3 Å². The van der Waals surface area contributed by atoms with Gasteiger partial charge in [-0.2, -0.15) is 5.10 Å². The maximum Gasteiger partial charge on any atom is 0.272 e. The largest absolute Gasteiger partial charge is 0.331 e. The Hall–Kier alpha value is -2.83. The highest BCUT2D eigenvalue weighted by molar-refractivity contribution is 6.39. The summed E-state index contributed by atoms with van der Waals surface area (Å²) in [5.74, 6) is -0.770. The van der Waals surface area contributed by atoms with E-state index in [1.807, 2.05) is 30.3 Å². The molecular weight excluding hydrogens is 387 g/mol. The average molecular weight is 403 g/mol. The van der Waals surface area contributed by atoms with E-state index in [-0.39, 0.29) is 12.5 Å². The van der Waals surface area contributed by atoms with Crippen molar-refractivity contribution in [1.29, 1.82) is 0 Å². The molecule has 0 saturated carbocycles. The normalized spacial score (nSPS) is 10.5. The lowest BCUT2D eigenvalue weighted by molar-refractivity contribution is -0.116. The van der Waals surface area contributed by atoms with Crippen molar-refractivity contribution in [3.05, 3.63) is 70.3 Å². The molecule has 0 aliphatic carbocycles. The Morgan fingerprint density at radius 1 is 1.07 bits per heavy atom. The Morgan fingerprint density at radius 2 is 1.74 bits per heavy atom. The molecule has 8 heteroatoms. The second-order valence-corrected chi connectivity index (χ2v) is 6.65. The first-order valence-electron chi connectivity index (χ1n) is 8.06. The summed E-state index contributed by atoms with van der Waals surface area (Å²) in [5.41, 5.74) is 2.15. The summed E-state index contributed by atoms with van der Waals surface area (Å²) >= 11 is 12.1. The van der Waals surface area contributed by atoms with Gasteiger partial charge >= 0.3 is 0 Å². The Morgan fingerprint density at radius 3 is 2.41 bits per heavy atom. The first kappa shape index (κ1) is 18.9. The van der Waals surface area contributed by atoms with Crippen LogP contribution in [0.2, 0.25) is 10.0 Å². The standard InChI is InChI=1S/C19H16Cl2N4O2/c1-25(11-17(26)22-18-13(20)8-5-9-14(18)21)19(27)16-10-15(23-24-16)12-6-3-2-4-7-12/h2-10H,11H2,1H3,(H,22,26)(H,23,24). The molecule has 3 aromatic rings. The number of para-hydroxylation sites is 1. The average Bonchev–Trinajstić information content (AvgIpc) is 3.15. The third-order valence-electron chi connectivity index (χ3n) is 3.83. The van der Waals surface area contributed by atoms with E-state index in [1.54, 1.807) is 24.3 Å². The van der Waals surface area contributed by atoms with Gasteiger partial charge in [0.15, 0.2) is 0 Å². The number of nitrogens with zero attached hydrogens (tertiary/aromatic N) is 2. The van der Waals surface area contributed by atoms with Crippen LogP contribution in [0.25, 0.3) is 11.3 Å². The summed E-state index contributed by atoms with van der Waals surface area (Å²) in [6.45, 7) is -0.167. The van der Waals surface area contributed by atoms with Crippen molar-refractivity contribution in [2.45, 2.75) is 0 Å². The number of benzene rings is 2. The topological polar surface area (TPSA) is 78.1 Å².